The summed E-state index contributed by atoms with van der Waals surface area (Å²) < 4.78 is 32.9. The van der Waals surface area contributed by atoms with Gasteiger partial charge in [0, 0.05) is 23.8 Å². The summed E-state index contributed by atoms with van der Waals surface area (Å²) in [4.78, 5) is 3.95. The Morgan fingerprint density at radius 1 is 1.37 bits per heavy atom. The Morgan fingerprint density at radius 2 is 2.00 bits per heavy atom. The van der Waals surface area contributed by atoms with Crippen LogP contribution in [0, 0.1) is 0 Å². The first kappa shape index (κ1) is 13.3. The summed E-state index contributed by atoms with van der Waals surface area (Å²) in [6.45, 7) is 0.787. The summed E-state index contributed by atoms with van der Waals surface area (Å²) in [5.74, 6) is 0.0297. The standard InChI is InChI=1S/C11H14BrN3O3S/c12-7-3-10(11(13)14-4-7)19(16,17)15-5-8-1-2-9(6-15)18-8/h3-4,8-9H,1-2,5-6H2,(H2,13,14). The number of sulfonamides is 1. The molecule has 0 radical (unpaired) electrons. The van der Waals surface area contributed by atoms with Crippen molar-refractivity contribution < 1.29 is 13.2 Å². The van der Waals surface area contributed by atoms with Crippen LogP contribution >= 0.6 is 15.9 Å². The smallest absolute Gasteiger partial charge is 0.246 e. The van der Waals surface area contributed by atoms with Crippen molar-refractivity contribution in [2.45, 2.75) is 29.9 Å². The molecule has 6 nitrogen and oxygen atoms in total. The number of anilines is 1. The summed E-state index contributed by atoms with van der Waals surface area (Å²) in [6, 6.07) is 1.50. The third kappa shape index (κ3) is 2.37. The molecule has 0 spiro atoms. The van der Waals surface area contributed by atoms with E-state index in [0.29, 0.717) is 17.6 Å². The second-order valence-electron chi connectivity index (χ2n) is 4.82. The maximum Gasteiger partial charge on any atom is 0.246 e. The predicted octanol–water partition coefficient (Wildman–Crippen LogP) is 0.978. The number of morpholine rings is 1. The van der Waals surface area contributed by atoms with Crippen molar-refractivity contribution >= 4 is 31.8 Å². The molecule has 2 saturated heterocycles. The number of nitrogen functional groups attached to an aromatic ring is 1. The van der Waals surface area contributed by atoms with Crippen LogP contribution < -0.4 is 5.73 Å². The van der Waals surface area contributed by atoms with Gasteiger partial charge >= 0.3 is 0 Å². The van der Waals surface area contributed by atoms with Crippen LogP contribution in [0.25, 0.3) is 0 Å². The van der Waals surface area contributed by atoms with E-state index in [4.69, 9.17) is 10.5 Å². The monoisotopic (exact) mass is 347 g/mol. The van der Waals surface area contributed by atoms with Gasteiger partial charge in [0.05, 0.1) is 12.2 Å². The third-order valence-corrected chi connectivity index (χ3v) is 5.77. The van der Waals surface area contributed by atoms with E-state index in [1.54, 1.807) is 0 Å². The molecule has 0 aromatic carbocycles. The largest absolute Gasteiger partial charge is 0.383 e. The van der Waals surface area contributed by atoms with Crippen LogP contribution in [-0.4, -0.2) is 43.0 Å². The SMILES string of the molecule is Nc1ncc(Br)cc1S(=O)(=O)N1CC2CCC(C1)O2. The normalized spacial score (nSPS) is 27.6. The Hall–Kier alpha value is -0.700. The zero-order chi connectivity index (χ0) is 13.6. The number of halogens is 1. The summed E-state index contributed by atoms with van der Waals surface area (Å²) in [5, 5.41) is 0. The van der Waals surface area contributed by atoms with Gasteiger partial charge in [-0.05, 0) is 34.8 Å². The van der Waals surface area contributed by atoms with Gasteiger partial charge in [0.25, 0.3) is 0 Å². The number of fused-ring (bicyclic) bond motifs is 2. The summed E-state index contributed by atoms with van der Waals surface area (Å²) in [5.41, 5.74) is 5.70. The van der Waals surface area contributed by atoms with Crippen molar-refractivity contribution in [2.75, 3.05) is 18.8 Å². The molecule has 2 aliphatic heterocycles. The van der Waals surface area contributed by atoms with E-state index in [9.17, 15) is 8.42 Å². The van der Waals surface area contributed by atoms with Crippen molar-refractivity contribution in [3.63, 3.8) is 0 Å². The van der Waals surface area contributed by atoms with Crippen LogP contribution in [0.2, 0.25) is 0 Å². The minimum absolute atomic E-state index is 0.00913. The zero-order valence-corrected chi connectivity index (χ0v) is 12.5. The summed E-state index contributed by atoms with van der Waals surface area (Å²) in [7, 11) is -3.61. The van der Waals surface area contributed by atoms with Gasteiger partial charge in [0.1, 0.15) is 10.7 Å². The van der Waals surface area contributed by atoms with E-state index in [-0.39, 0.29) is 22.9 Å². The van der Waals surface area contributed by atoms with Gasteiger partial charge in [-0.1, -0.05) is 0 Å². The number of ether oxygens (including phenoxy) is 1. The van der Waals surface area contributed by atoms with Crippen LogP contribution in [0.1, 0.15) is 12.8 Å². The lowest BCUT2D eigenvalue weighted by atomic mass is 10.2. The lowest BCUT2D eigenvalue weighted by Gasteiger charge is -2.31. The zero-order valence-electron chi connectivity index (χ0n) is 10.1. The minimum atomic E-state index is -3.61. The Morgan fingerprint density at radius 3 is 2.63 bits per heavy atom. The van der Waals surface area contributed by atoms with E-state index in [1.807, 2.05) is 0 Å². The number of rotatable bonds is 2. The first-order chi connectivity index (χ1) is 8.96. The number of aromatic nitrogens is 1. The molecule has 104 valence electrons. The summed E-state index contributed by atoms with van der Waals surface area (Å²) >= 11 is 3.22. The second-order valence-corrected chi connectivity index (χ2v) is 7.64. The van der Waals surface area contributed by atoms with Gasteiger partial charge in [-0.25, -0.2) is 13.4 Å². The van der Waals surface area contributed by atoms with Gasteiger partial charge in [-0.15, -0.1) is 0 Å². The topological polar surface area (TPSA) is 85.5 Å². The number of hydrogen-bond acceptors (Lipinski definition) is 5. The van der Waals surface area contributed by atoms with Crippen LogP contribution in [0.15, 0.2) is 21.6 Å². The fraction of sp³-hybridized carbons (Fsp3) is 0.545. The van der Waals surface area contributed by atoms with Gasteiger partial charge in [-0.2, -0.15) is 4.31 Å². The number of nitrogens with two attached hydrogens (primary N) is 1. The van der Waals surface area contributed by atoms with Crippen LogP contribution in [0.5, 0.6) is 0 Å². The van der Waals surface area contributed by atoms with E-state index in [1.165, 1.54) is 16.6 Å². The Kier molecular flexibility index (Phi) is 3.28. The Labute approximate surface area is 120 Å². The molecule has 0 amide bonds. The molecule has 3 rings (SSSR count). The number of nitrogens with zero attached hydrogens (tertiary/aromatic N) is 2. The van der Waals surface area contributed by atoms with Gasteiger partial charge in [-0.3, -0.25) is 0 Å². The molecule has 2 unspecified atom stereocenters. The highest BCUT2D eigenvalue weighted by Crippen LogP contribution is 2.31. The van der Waals surface area contributed by atoms with E-state index in [2.05, 4.69) is 20.9 Å². The highest BCUT2D eigenvalue weighted by molar-refractivity contribution is 9.10. The second kappa shape index (κ2) is 4.69. The van der Waals surface area contributed by atoms with Gasteiger partial charge < -0.3 is 10.5 Å². The number of pyridine rings is 1. The molecular formula is C11H14BrN3O3S. The molecule has 19 heavy (non-hydrogen) atoms. The van der Waals surface area contributed by atoms with E-state index in [0.717, 1.165) is 12.8 Å². The molecule has 2 atom stereocenters. The fourth-order valence-corrected chi connectivity index (χ4v) is 4.63. The summed E-state index contributed by atoms with van der Waals surface area (Å²) in [6.07, 6.45) is 3.34. The third-order valence-electron chi connectivity index (χ3n) is 3.48. The van der Waals surface area contributed by atoms with Crippen LogP contribution in [-0.2, 0) is 14.8 Å². The molecule has 1 aromatic rings. The van der Waals surface area contributed by atoms with Crippen molar-refractivity contribution in [1.29, 1.82) is 0 Å². The highest BCUT2D eigenvalue weighted by atomic mass is 79.9. The average Bonchev–Trinajstić information content (AvgIpc) is 2.71. The quantitative estimate of drug-likeness (QED) is 0.861. The van der Waals surface area contributed by atoms with Crippen molar-refractivity contribution in [1.82, 2.24) is 9.29 Å². The Balaban J connectivity index is 1.96. The van der Waals surface area contributed by atoms with Crippen molar-refractivity contribution in [2.24, 2.45) is 0 Å². The predicted molar refractivity (Wildman–Crippen MR) is 73.0 cm³/mol. The molecule has 2 fully saturated rings. The van der Waals surface area contributed by atoms with Crippen LogP contribution in [0.3, 0.4) is 0 Å². The van der Waals surface area contributed by atoms with Crippen LogP contribution in [0.4, 0.5) is 5.82 Å². The molecule has 2 N–H and O–H groups in total. The molecule has 8 heteroatoms. The molecule has 3 heterocycles. The van der Waals surface area contributed by atoms with Gasteiger partial charge in [0.15, 0.2) is 0 Å². The van der Waals surface area contributed by atoms with Crippen molar-refractivity contribution in [3.05, 3.63) is 16.7 Å². The molecule has 1 aromatic heterocycles. The number of hydrogen-bond donors (Lipinski definition) is 1. The first-order valence-electron chi connectivity index (χ1n) is 6.03. The lowest BCUT2D eigenvalue weighted by molar-refractivity contribution is -0.0114. The molecule has 2 bridgehead atoms. The minimum Gasteiger partial charge on any atom is -0.383 e. The van der Waals surface area contributed by atoms with Gasteiger partial charge in [0.2, 0.25) is 10.0 Å². The molecule has 0 aliphatic carbocycles. The first-order valence-corrected chi connectivity index (χ1v) is 8.27. The fourth-order valence-electron chi connectivity index (χ4n) is 2.55. The van der Waals surface area contributed by atoms with Crippen molar-refractivity contribution in [3.8, 4) is 0 Å². The Bertz CT molecular complexity index is 595. The van der Waals surface area contributed by atoms with E-state index >= 15 is 0 Å². The molecule has 2 aliphatic rings. The maximum absolute atomic E-state index is 12.6. The maximum atomic E-state index is 12.6. The van der Waals surface area contributed by atoms with E-state index < -0.39 is 10.0 Å². The average molecular weight is 348 g/mol. The highest BCUT2D eigenvalue weighted by Gasteiger charge is 2.40. The molecular weight excluding hydrogens is 334 g/mol. The lowest BCUT2D eigenvalue weighted by Crippen LogP contribution is -2.45. The molecule has 0 saturated carbocycles.